The van der Waals surface area contributed by atoms with Crippen molar-refractivity contribution in [3.8, 4) is 0 Å². The molecule has 3 aliphatic rings. The average molecular weight is 369 g/mol. The quantitative estimate of drug-likeness (QED) is 0.836. The van der Waals surface area contributed by atoms with Crippen molar-refractivity contribution in [2.75, 3.05) is 13.1 Å². The van der Waals surface area contributed by atoms with Crippen LogP contribution < -0.4 is 10.6 Å². The molecule has 1 aromatic carbocycles. The number of carbonyl (C=O) groups is 1. The number of fused-ring (bicyclic) bond motifs is 2. The molecule has 1 aliphatic heterocycles. The number of carbonyl (C=O) groups excluding carboxylic acids is 1. The molecule has 2 aliphatic carbocycles. The van der Waals surface area contributed by atoms with E-state index in [4.69, 9.17) is 0 Å². The first-order valence-corrected chi connectivity index (χ1v) is 11.0. The SMILES string of the molecule is CC1CC2CC(C)(C(=O)NC3CCNCC3C)CC(c3ccccc3)(C1)C2. The molecule has 1 amide bonds. The van der Waals surface area contributed by atoms with Crippen LogP contribution in [0.3, 0.4) is 0 Å². The Bertz CT molecular complexity index is 670. The predicted molar refractivity (Wildman–Crippen MR) is 111 cm³/mol. The van der Waals surface area contributed by atoms with Crippen molar-refractivity contribution in [1.29, 1.82) is 0 Å². The third-order valence-corrected chi connectivity index (χ3v) is 7.66. The summed E-state index contributed by atoms with van der Waals surface area (Å²) in [6, 6.07) is 11.4. The number of hydrogen-bond donors (Lipinski definition) is 2. The summed E-state index contributed by atoms with van der Waals surface area (Å²) in [6.45, 7) is 8.93. The number of benzene rings is 1. The Labute approximate surface area is 164 Å². The van der Waals surface area contributed by atoms with E-state index in [1.165, 1.54) is 24.8 Å². The second kappa shape index (κ2) is 7.24. The molecule has 0 spiro atoms. The van der Waals surface area contributed by atoms with Gasteiger partial charge in [0.15, 0.2) is 0 Å². The minimum absolute atomic E-state index is 0.174. The first-order chi connectivity index (χ1) is 12.9. The van der Waals surface area contributed by atoms with Gasteiger partial charge in [0.25, 0.3) is 0 Å². The van der Waals surface area contributed by atoms with Crippen LogP contribution in [-0.2, 0) is 10.2 Å². The van der Waals surface area contributed by atoms with E-state index in [-0.39, 0.29) is 10.8 Å². The molecule has 3 nitrogen and oxygen atoms in total. The molecule has 2 bridgehead atoms. The zero-order chi connectivity index (χ0) is 19.1. The number of piperidine rings is 1. The summed E-state index contributed by atoms with van der Waals surface area (Å²) in [7, 11) is 0. The summed E-state index contributed by atoms with van der Waals surface area (Å²) in [5.41, 5.74) is 1.38. The Morgan fingerprint density at radius 3 is 2.67 bits per heavy atom. The molecule has 1 heterocycles. The molecular formula is C24H36N2O. The highest BCUT2D eigenvalue weighted by Gasteiger charge is 2.53. The summed E-state index contributed by atoms with van der Waals surface area (Å²) in [6.07, 6.45) is 6.86. The lowest BCUT2D eigenvalue weighted by Gasteiger charge is -2.54. The Morgan fingerprint density at radius 2 is 1.93 bits per heavy atom. The van der Waals surface area contributed by atoms with Crippen molar-refractivity contribution < 1.29 is 4.79 Å². The van der Waals surface area contributed by atoms with E-state index in [0.717, 1.165) is 38.3 Å². The van der Waals surface area contributed by atoms with E-state index >= 15 is 0 Å². The van der Waals surface area contributed by atoms with Crippen molar-refractivity contribution in [2.45, 2.75) is 70.8 Å². The van der Waals surface area contributed by atoms with Crippen LogP contribution in [0.1, 0.15) is 64.9 Å². The smallest absolute Gasteiger partial charge is 0.226 e. The van der Waals surface area contributed by atoms with Crippen LogP contribution in [0.2, 0.25) is 0 Å². The Hall–Kier alpha value is -1.35. The van der Waals surface area contributed by atoms with Gasteiger partial charge in [-0.05, 0) is 80.3 Å². The lowest BCUT2D eigenvalue weighted by molar-refractivity contribution is -0.137. The highest BCUT2D eigenvalue weighted by Crippen LogP contribution is 2.58. The van der Waals surface area contributed by atoms with Crippen molar-refractivity contribution in [1.82, 2.24) is 10.6 Å². The number of rotatable bonds is 3. The minimum atomic E-state index is -0.247. The second-order valence-corrected chi connectivity index (χ2v) is 10.3. The van der Waals surface area contributed by atoms with Crippen LogP contribution in [0.4, 0.5) is 0 Å². The van der Waals surface area contributed by atoms with Crippen LogP contribution in [0.15, 0.2) is 30.3 Å². The van der Waals surface area contributed by atoms with Gasteiger partial charge in [-0.3, -0.25) is 4.79 Å². The molecule has 0 aromatic heterocycles. The molecule has 2 N–H and O–H groups in total. The Balaban J connectivity index is 1.58. The van der Waals surface area contributed by atoms with Gasteiger partial charge in [-0.25, -0.2) is 0 Å². The van der Waals surface area contributed by atoms with Crippen molar-refractivity contribution in [2.24, 2.45) is 23.2 Å². The van der Waals surface area contributed by atoms with Gasteiger partial charge in [-0.15, -0.1) is 0 Å². The molecule has 2 saturated carbocycles. The van der Waals surface area contributed by atoms with Crippen molar-refractivity contribution in [3.63, 3.8) is 0 Å². The van der Waals surface area contributed by atoms with Gasteiger partial charge < -0.3 is 10.6 Å². The zero-order valence-corrected chi connectivity index (χ0v) is 17.3. The molecule has 1 aromatic rings. The summed E-state index contributed by atoms with van der Waals surface area (Å²) >= 11 is 0. The topological polar surface area (TPSA) is 41.1 Å². The fraction of sp³-hybridized carbons (Fsp3) is 0.708. The van der Waals surface area contributed by atoms with Gasteiger partial charge in [-0.1, -0.05) is 51.1 Å². The molecule has 27 heavy (non-hydrogen) atoms. The van der Waals surface area contributed by atoms with Crippen LogP contribution in [0, 0.1) is 23.2 Å². The molecule has 3 heteroatoms. The number of hydrogen-bond acceptors (Lipinski definition) is 2. The molecule has 4 rings (SSSR count). The molecule has 0 radical (unpaired) electrons. The van der Waals surface area contributed by atoms with E-state index in [9.17, 15) is 4.79 Å². The van der Waals surface area contributed by atoms with Crippen LogP contribution in [-0.4, -0.2) is 25.0 Å². The molecule has 148 valence electrons. The van der Waals surface area contributed by atoms with Crippen LogP contribution in [0.25, 0.3) is 0 Å². The largest absolute Gasteiger partial charge is 0.353 e. The Morgan fingerprint density at radius 1 is 1.15 bits per heavy atom. The molecule has 6 atom stereocenters. The lowest BCUT2D eigenvalue weighted by atomic mass is 9.50. The average Bonchev–Trinajstić information content (AvgIpc) is 2.63. The number of amides is 1. The second-order valence-electron chi connectivity index (χ2n) is 10.3. The summed E-state index contributed by atoms with van der Waals surface area (Å²) in [4.78, 5) is 13.5. The molecular weight excluding hydrogens is 332 g/mol. The normalized spacial score (nSPS) is 41.7. The van der Waals surface area contributed by atoms with E-state index < -0.39 is 0 Å². The van der Waals surface area contributed by atoms with Gasteiger partial charge in [0, 0.05) is 11.5 Å². The van der Waals surface area contributed by atoms with Crippen LogP contribution in [0.5, 0.6) is 0 Å². The first kappa shape index (κ1) is 19.0. The van der Waals surface area contributed by atoms with Gasteiger partial charge in [-0.2, -0.15) is 0 Å². The van der Waals surface area contributed by atoms with E-state index in [2.05, 4.69) is 61.7 Å². The van der Waals surface area contributed by atoms with Gasteiger partial charge >= 0.3 is 0 Å². The van der Waals surface area contributed by atoms with Gasteiger partial charge in [0.2, 0.25) is 5.91 Å². The summed E-state index contributed by atoms with van der Waals surface area (Å²) < 4.78 is 0. The third-order valence-electron chi connectivity index (χ3n) is 7.66. The van der Waals surface area contributed by atoms with E-state index in [0.29, 0.717) is 23.8 Å². The van der Waals surface area contributed by atoms with Crippen LogP contribution >= 0.6 is 0 Å². The van der Waals surface area contributed by atoms with Gasteiger partial charge in [0.1, 0.15) is 0 Å². The maximum Gasteiger partial charge on any atom is 0.226 e. The molecule has 6 unspecified atom stereocenters. The maximum atomic E-state index is 13.5. The first-order valence-electron chi connectivity index (χ1n) is 11.0. The Kier molecular flexibility index (Phi) is 5.09. The van der Waals surface area contributed by atoms with Gasteiger partial charge in [0.05, 0.1) is 0 Å². The summed E-state index contributed by atoms with van der Waals surface area (Å²) in [5.74, 6) is 2.24. The monoisotopic (exact) mass is 368 g/mol. The zero-order valence-electron chi connectivity index (χ0n) is 17.3. The minimum Gasteiger partial charge on any atom is -0.353 e. The molecule has 1 saturated heterocycles. The highest BCUT2D eigenvalue weighted by atomic mass is 16.2. The van der Waals surface area contributed by atoms with Crippen molar-refractivity contribution in [3.05, 3.63) is 35.9 Å². The third kappa shape index (κ3) is 3.68. The van der Waals surface area contributed by atoms with Crippen molar-refractivity contribution >= 4 is 5.91 Å². The fourth-order valence-electron chi connectivity index (χ4n) is 6.67. The standard InChI is InChI=1S/C24H36N2O/c1-17-11-19-13-23(3,22(27)26-21-9-10-25-15-18(21)2)16-24(12-17,14-19)20-7-5-4-6-8-20/h4-8,17-19,21,25H,9-16H2,1-3H3,(H,26,27). The predicted octanol–water partition coefficient (Wildman–Crippen LogP) is 4.27. The summed E-state index contributed by atoms with van der Waals surface area (Å²) in [5, 5.41) is 6.91. The lowest BCUT2D eigenvalue weighted by Crippen LogP contribution is -2.56. The molecule has 3 fully saturated rings. The number of nitrogens with one attached hydrogen (secondary N) is 2. The fourth-order valence-corrected chi connectivity index (χ4v) is 6.67. The highest BCUT2D eigenvalue weighted by molar-refractivity contribution is 5.83. The maximum absolute atomic E-state index is 13.5. The van der Waals surface area contributed by atoms with E-state index in [1.54, 1.807) is 0 Å². The van der Waals surface area contributed by atoms with E-state index in [1.807, 2.05) is 0 Å².